The summed E-state index contributed by atoms with van der Waals surface area (Å²) in [4.78, 5) is 22.4. The van der Waals surface area contributed by atoms with Gasteiger partial charge in [0.05, 0.1) is 0 Å². The van der Waals surface area contributed by atoms with E-state index in [1.54, 1.807) is 6.08 Å². The summed E-state index contributed by atoms with van der Waals surface area (Å²) >= 11 is 0. The summed E-state index contributed by atoms with van der Waals surface area (Å²) in [6, 6.07) is 5.98. The number of aliphatic carboxylic acids is 1. The van der Waals surface area contributed by atoms with Gasteiger partial charge < -0.3 is 16.2 Å². The first-order valence-corrected chi connectivity index (χ1v) is 5.15. The Kier molecular flexibility index (Phi) is 2.93. The van der Waals surface area contributed by atoms with Crippen molar-refractivity contribution in [2.45, 2.75) is 6.04 Å². The molecule has 1 aliphatic heterocycles. The third-order valence-corrected chi connectivity index (χ3v) is 2.62. The van der Waals surface area contributed by atoms with Gasteiger partial charge in [0.2, 0.25) is 0 Å². The van der Waals surface area contributed by atoms with Crippen LogP contribution in [0.3, 0.4) is 0 Å². The summed E-state index contributed by atoms with van der Waals surface area (Å²) in [5.41, 5.74) is 7.47. The third-order valence-electron chi connectivity index (χ3n) is 2.62. The van der Waals surface area contributed by atoms with Gasteiger partial charge in [0.15, 0.2) is 11.8 Å². The van der Waals surface area contributed by atoms with E-state index in [-0.39, 0.29) is 0 Å². The zero-order valence-corrected chi connectivity index (χ0v) is 9.01. The van der Waals surface area contributed by atoms with Crippen molar-refractivity contribution in [1.82, 2.24) is 0 Å². The highest BCUT2D eigenvalue weighted by Crippen LogP contribution is 2.23. The van der Waals surface area contributed by atoms with Gasteiger partial charge in [0.1, 0.15) is 0 Å². The fourth-order valence-corrected chi connectivity index (χ4v) is 1.68. The van der Waals surface area contributed by atoms with Crippen molar-refractivity contribution in [2.75, 3.05) is 11.9 Å². The fraction of sp³-hybridized carbons (Fsp3) is 0.167. The normalized spacial score (nSPS) is 15.2. The molecule has 1 aromatic rings. The van der Waals surface area contributed by atoms with Crippen LogP contribution in [0.5, 0.6) is 0 Å². The number of carbonyl (C=O) groups is 2. The molecule has 0 saturated carbocycles. The highest BCUT2D eigenvalue weighted by atomic mass is 16.4. The summed E-state index contributed by atoms with van der Waals surface area (Å²) in [7, 11) is 0. The number of anilines is 1. The molecule has 1 aliphatic rings. The molecule has 1 atom stereocenters. The maximum atomic E-state index is 11.7. The van der Waals surface area contributed by atoms with Crippen LogP contribution >= 0.6 is 0 Å². The molecule has 4 N–H and O–H groups in total. The Morgan fingerprint density at radius 2 is 2.06 bits per heavy atom. The van der Waals surface area contributed by atoms with Gasteiger partial charge in [-0.1, -0.05) is 18.2 Å². The molecule has 2 rings (SSSR count). The molecule has 0 radical (unpaired) electrons. The minimum Gasteiger partial charge on any atom is -0.480 e. The second-order valence-electron chi connectivity index (χ2n) is 3.79. The minimum absolute atomic E-state index is 0.302. The first-order valence-electron chi connectivity index (χ1n) is 5.15. The molecule has 1 unspecified atom stereocenters. The highest BCUT2D eigenvalue weighted by molar-refractivity contribution is 6.14. The monoisotopic (exact) mass is 232 g/mol. The lowest BCUT2D eigenvalue weighted by molar-refractivity contribution is -0.141. The fourth-order valence-electron chi connectivity index (χ4n) is 1.68. The van der Waals surface area contributed by atoms with Crippen LogP contribution in [0.1, 0.15) is 5.56 Å². The van der Waals surface area contributed by atoms with E-state index >= 15 is 0 Å². The quantitative estimate of drug-likeness (QED) is 0.659. The minimum atomic E-state index is -1.49. The molecule has 0 bridgehead atoms. The van der Waals surface area contributed by atoms with Gasteiger partial charge in [0, 0.05) is 17.8 Å². The Morgan fingerprint density at radius 1 is 1.35 bits per heavy atom. The summed E-state index contributed by atoms with van der Waals surface area (Å²) in [5, 5.41) is 11.7. The van der Waals surface area contributed by atoms with Crippen LogP contribution in [0.4, 0.5) is 5.69 Å². The van der Waals surface area contributed by atoms with E-state index in [1.807, 2.05) is 24.3 Å². The van der Waals surface area contributed by atoms with Crippen molar-refractivity contribution >= 4 is 23.5 Å². The maximum Gasteiger partial charge on any atom is 0.328 e. The molecule has 5 heteroatoms. The molecule has 0 aliphatic carbocycles. The Balaban J connectivity index is 2.28. The van der Waals surface area contributed by atoms with Crippen LogP contribution < -0.4 is 11.1 Å². The molecule has 0 spiro atoms. The number of carbonyl (C=O) groups excluding carboxylic acids is 1. The SMILES string of the molecule is NC(C(=O)O)C(=O)C1=Cc2ccccc2NC1. The van der Waals surface area contributed by atoms with Gasteiger partial charge in [-0.15, -0.1) is 0 Å². The van der Waals surface area contributed by atoms with Crippen molar-refractivity contribution < 1.29 is 14.7 Å². The maximum absolute atomic E-state index is 11.7. The molecule has 5 nitrogen and oxygen atoms in total. The molecular weight excluding hydrogens is 220 g/mol. The number of para-hydroxylation sites is 1. The molecule has 0 aromatic heterocycles. The van der Waals surface area contributed by atoms with Gasteiger partial charge in [-0.2, -0.15) is 0 Å². The number of nitrogens with two attached hydrogens (primary N) is 1. The Morgan fingerprint density at radius 3 is 2.76 bits per heavy atom. The van der Waals surface area contributed by atoms with Gasteiger partial charge >= 0.3 is 5.97 Å². The third kappa shape index (κ3) is 2.19. The predicted octanol–water partition coefficient (Wildman–Crippen LogP) is 0.476. The second kappa shape index (κ2) is 4.39. The number of hydrogen-bond acceptors (Lipinski definition) is 4. The Hall–Kier alpha value is -2.14. The second-order valence-corrected chi connectivity index (χ2v) is 3.79. The predicted molar refractivity (Wildman–Crippen MR) is 63.5 cm³/mol. The molecule has 88 valence electrons. The largest absolute Gasteiger partial charge is 0.480 e. The lowest BCUT2D eigenvalue weighted by Gasteiger charge is -2.18. The van der Waals surface area contributed by atoms with Crippen LogP contribution in [0.2, 0.25) is 0 Å². The Labute approximate surface area is 97.9 Å². The van der Waals surface area contributed by atoms with Crippen molar-refractivity contribution in [3.8, 4) is 0 Å². The number of hydrogen-bond donors (Lipinski definition) is 3. The number of rotatable bonds is 3. The number of nitrogens with one attached hydrogen (secondary N) is 1. The molecule has 17 heavy (non-hydrogen) atoms. The number of fused-ring (bicyclic) bond motifs is 1. The molecule has 0 fully saturated rings. The first kappa shape index (κ1) is 11.3. The summed E-state index contributed by atoms with van der Waals surface area (Å²) in [6.45, 7) is 0.302. The van der Waals surface area contributed by atoms with Crippen molar-refractivity contribution in [2.24, 2.45) is 5.73 Å². The van der Waals surface area contributed by atoms with E-state index in [0.29, 0.717) is 12.1 Å². The van der Waals surface area contributed by atoms with E-state index in [0.717, 1.165) is 11.3 Å². The highest BCUT2D eigenvalue weighted by Gasteiger charge is 2.25. The van der Waals surface area contributed by atoms with Crippen LogP contribution in [-0.4, -0.2) is 29.4 Å². The van der Waals surface area contributed by atoms with Crippen LogP contribution in [0.25, 0.3) is 6.08 Å². The first-order chi connectivity index (χ1) is 8.09. The number of benzene rings is 1. The topological polar surface area (TPSA) is 92.4 Å². The number of carboxylic acids is 1. The van der Waals surface area contributed by atoms with Crippen molar-refractivity contribution in [3.05, 3.63) is 35.4 Å². The lowest BCUT2D eigenvalue weighted by atomic mass is 9.98. The van der Waals surface area contributed by atoms with Crippen molar-refractivity contribution in [3.63, 3.8) is 0 Å². The van der Waals surface area contributed by atoms with Gasteiger partial charge in [0.25, 0.3) is 0 Å². The number of Topliss-reactive ketones (excluding diaryl/α,β-unsaturated/α-hetero) is 1. The average Bonchev–Trinajstić information content (AvgIpc) is 2.36. The number of ketones is 1. The van der Waals surface area contributed by atoms with E-state index in [4.69, 9.17) is 10.8 Å². The van der Waals surface area contributed by atoms with Gasteiger partial charge in [-0.05, 0) is 17.7 Å². The van der Waals surface area contributed by atoms with E-state index in [2.05, 4.69) is 5.32 Å². The summed E-state index contributed by atoms with van der Waals surface area (Å²) < 4.78 is 0. The van der Waals surface area contributed by atoms with Crippen molar-refractivity contribution in [1.29, 1.82) is 0 Å². The smallest absolute Gasteiger partial charge is 0.328 e. The number of carboxylic acid groups (broad SMARTS) is 1. The van der Waals surface area contributed by atoms with Crippen LogP contribution in [0, 0.1) is 0 Å². The zero-order valence-electron chi connectivity index (χ0n) is 9.01. The molecule has 0 saturated heterocycles. The standard InChI is InChI=1S/C12H12N2O3/c13-10(12(16)17)11(15)8-5-7-3-1-2-4-9(7)14-6-8/h1-5,10,14H,6,13H2,(H,16,17). The Bertz CT molecular complexity index is 508. The van der Waals surface area contributed by atoms with E-state index in [9.17, 15) is 9.59 Å². The molecule has 0 amide bonds. The average molecular weight is 232 g/mol. The molecular formula is C12H12N2O3. The summed E-state index contributed by atoms with van der Waals surface area (Å²) in [5.74, 6) is -1.87. The molecule has 1 aromatic carbocycles. The van der Waals surface area contributed by atoms with Gasteiger partial charge in [-0.25, -0.2) is 0 Å². The van der Waals surface area contributed by atoms with E-state index in [1.165, 1.54) is 0 Å². The summed E-state index contributed by atoms with van der Waals surface area (Å²) in [6.07, 6.45) is 1.68. The van der Waals surface area contributed by atoms with Crippen LogP contribution in [0.15, 0.2) is 29.8 Å². The molecule has 1 heterocycles. The van der Waals surface area contributed by atoms with E-state index < -0.39 is 17.8 Å². The zero-order chi connectivity index (χ0) is 12.4. The van der Waals surface area contributed by atoms with Gasteiger partial charge in [-0.3, -0.25) is 9.59 Å². The van der Waals surface area contributed by atoms with Crippen LogP contribution in [-0.2, 0) is 9.59 Å². The lowest BCUT2D eigenvalue weighted by Crippen LogP contribution is -2.40.